The van der Waals surface area contributed by atoms with E-state index in [1.54, 1.807) is 0 Å². The van der Waals surface area contributed by atoms with Crippen LogP contribution in [0.15, 0.2) is 22.1 Å². The average Bonchev–Trinajstić information content (AvgIpc) is 2.70. The molecule has 0 fully saturated rings. The Bertz CT molecular complexity index is 593. The van der Waals surface area contributed by atoms with Gasteiger partial charge in [0.1, 0.15) is 12.2 Å². The van der Waals surface area contributed by atoms with Gasteiger partial charge >= 0.3 is 0 Å². The molecule has 4 atom stereocenters. The van der Waals surface area contributed by atoms with Crippen molar-refractivity contribution in [1.82, 2.24) is 21.7 Å². The van der Waals surface area contributed by atoms with Crippen molar-refractivity contribution >= 4 is 55.5 Å². The Morgan fingerprint density at radius 1 is 0.767 bits per heavy atom. The summed E-state index contributed by atoms with van der Waals surface area (Å²) in [4.78, 5) is 49.4. The highest BCUT2D eigenvalue weighted by Crippen LogP contribution is 2.12. The molecule has 0 aromatic heterocycles. The van der Waals surface area contributed by atoms with Crippen molar-refractivity contribution < 1.29 is 38.9 Å². The van der Waals surface area contributed by atoms with Gasteiger partial charge in [-0.2, -0.15) is 0 Å². The van der Waals surface area contributed by atoms with Gasteiger partial charge in [-0.25, -0.2) is 0 Å². The number of halogens is 2. The van der Waals surface area contributed by atoms with Crippen molar-refractivity contribution in [1.29, 1.82) is 0 Å². The minimum atomic E-state index is -1.96. The van der Waals surface area contributed by atoms with Gasteiger partial charge in [-0.3, -0.25) is 40.9 Å². The molecule has 30 heavy (non-hydrogen) atoms. The van der Waals surface area contributed by atoms with Gasteiger partial charge in [0.15, 0.2) is 12.2 Å². The lowest BCUT2D eigenvalue weighted by Crippen LogP contribution is -2.59. The van der Waals surface area contributed by atoms with Crippen LogP contribution >= 0.6 is 31.9 Å². The summed E-state index contributed by atoms with van der Waals surface area (Å²) in [6.07, 6.45) is -4.39. The maximum atomic E-state index is 12.3. The van der Waals surface area contributed by atoms with Crippen LogP contribution < -0.4 is 21.7 Å². The molecule has 0 saturated carbocycles. The normalized spacial score (nSPS) is 15.3. The zero-order valence-corrected chi connectivity index (χ0v) is 19.3. The first-order valence-electron chi connectivity index (χ1n) is 8.38. The van der Waals surface area contributed by atoms with Gasteiger partial charge in [-0.15, -0.1) is 0 Å². The molecular weight excluding hydrogens is 536 g/mol. The molecule has 0 rings (SSSR count). The average molecular weight is 560 g/mol. The zero-order valence-electron chi connectivity index (χ0n) is 16.1. The van der Waals surface area contributed by atoms with Crippen LogP contribution in [0.4, 0.5) is 0 Å². The summed E-state index contributed by atoms with van der Waals surface area (Å²) in [5, 5.41) is 21.0. The molecule has 0 bridgehead atoms. The van der Waals surface area contributed by atoms with E-state index in [2.05, 4.69) is 31.9 Å². The fourth-order valence-electron chi connectivity index (χ4n) is 1.85. The molecule has 0 aromatic rings. The minimum absolute atomic E-state index is 0.150. The Balaban J connectivity index is 5.50. The van der Waals surface area contributed by atoms with Crippen LogP contribution in [0.1, 0.15) is 13.8 Å². The first kappa shape index (κ1) is 28.2. The molecule has 0 aliphatic heterocycles. The largest absolute Gasteiger partial charge is 0.387 e. The second-order valence-electron chi connectivity index (χ2n) is 5.55. The van der Waals surface area contributed by atoms with E-state index in [0.29, 0.717) is 0 Å². The minimum Gasteiger partial charge on any atom is -0.387 e. The van der Waals surface area contributed by atoms with Gasteiger partial charge in [0, 0.05) is 13.8 Å². The second-order valence-corrected chi connectivity index (χ2v) is 6.61. The van der Waals surface area contributed by atoms with E-state index in [1.165, 1.54) is 22.1 Å². The van der Waals surface area contributed by atoms with Crippen LogP contribution in [0.25, 0.3) is 0 Å². The second kappa shape index (κ2) is 15.9. The van der Waals surface area contributed by atoms with Crippen molar-refractivity contribution in [2.75, 3.05) is 13.2 Å². The molecule has 0 aliphatic rings. The number of hydrogen-bond donors (Lipinski definition) is 6. The van der Waals surface area contributed by atoms with E-state index >= 15 is 0 Å². The van der Waals surface area contributed by atoms with Gasteiger partial charge in [0.05, 0.1) is 13.2 Å². The zero-order chi connectivity index (χ0) is 23.1. The monoisotopic (exact) mass is 558 g/mol. The van der Waals surface area contributed by atoms with Crippen molar-refractivity contribution in [3.8, 4) is 0 Å². The molecule has 4 amide bonds. The lowest BCUT2D eigenvalue weighted by molar-refractivity contribution is -0.166. The van der Waals surface area contributed by atoms with Gasteiger partial charge in [0.2, 0.25) is 11.8 Å². The molecule has 0 saturated heterocycles. The van der Waals surface area contributed by atoms with E-state index in [9.17, 15) is 29.4 Å². The first-order chi connectivity index (χ1) is 14.1. The van der Waals surface area contributed by atoms with E-state index in [1.807, 2.05) is 21.7 Å². The summed E-state index contributed by atoms with van der Waals surface area (Å²) in [7, 11) is 0. The lowest BCUT2D eigenvalue weighted by Gasteiger charge is -2.30. The number of rotatable bonds is 11. The van der Waals surface area contributed by atoms with Crippen LogP contribution in [-0.2, 0) is 28.7 Å². The maximum Gasteiger partial charge on any atom is 0.270 e. The Hall–Kier alpha value is -1.84. The molecule has 6 N–H and O–H groups in total. The highest BCUT2D eigenvalue weighted by Gasteiger charge is 2.40. The van der Waals surface area contributed by atoms with Crippen LogP contribution in [0.3, 0.4) is 0 Å². The highest BCUT2D eigenvalue weighted by atomic mass is 79.9. The fraction of sp³-hybridized carbons (Fsp3) is 0.500. The van der Waals surface area contributed by atoms with Gasteiger partial charge in [-0.1, -0.05) is 44.0 Å². The van der Waals surface area contributed by atoms with Crippen LogP contribution in [0, 0.1) is 0 Å². The van der Waals surface area contributed by atoms with Gasteiger partial charge in [-0.05, 0) is 9.97 Å². The number of amides is 4. The number of aliphatic hydroxyl groups is 2. The van der Waals surface area contributed by atoms with Crippen molar-refractivity contribution in [3.05, 3.63) is 22.1 Å². The van der Waals surface area contributed by atoms with Crippen molar-refractivity contribution in [2.24, 2.45) is 0 Å². The number of hydrogen-bond acceptors (Lipinski definition) is 8. The van der Waals surface area contributed by atoms with Gasteiger partial charge < -0.3 is 19.7 Å². The predicted molar refractivity (Wildman–Crippen MR) is 112 cm³/mol. The summed E-state index contributed by atoms with van der Waals surface area (Å²) in [5.74, 6) is -3.15. The smallest absolute Gasteiger partial charge is 0.270 e. The Kier molecular flexibility index (Phi) is 15.0. The molecule has 170 valence electrons. The number of hydrazine groups is 2. The molecule has 0 heterocycles. The Morgan fingerprint density at radius 2 is 1.10 bits per heavy atom. The summed E-state index contributed by atoms with van der Waals surface area (Å²) < 4.78 is 10.5. The fourth-order valence-corrected chi connectivity index (χ4v) is 2.15. The van der Waals surface area contributed by atoms with Crippen LogP contribution in [0.5, 0.6) is 0 Å². The van der Waals surface area contributed by atoms with E-state index in [-0.39, 0.29) is 13.2 Å². The third-order valence-corrected chi connectivity index (χ3v) is 3.88. The molecule has 12 nitrogen and oxygen atoms in total. The van der Waals surface area contributed by atoms with Crippen molar-refractivity contribution in [3.63, 3.8) is 0 Å². The quantitative estimate of drug-likeness (QED) is 0.168. The molecule has 0 aromatic carbocycles. The molecule has 14 heteroatoms. The lowest BCUT2D eigenvalue weighted by atomic mass is 10.0. The number of aliphatic hydroxyl groups excluding tert-OH is 2. The molecule has 0 unspecified atom stereocenters. The predicted octanol–water partition coefficient (Wildman–Crippen LogP) is -1.37. The number of carbonyl (C=O) groups is 4. The topological polar surface area (TPSA) is 175 Å². The Labute approximate surface area is 189 Å². The number of ether oxygens (including phenoxy) is 2. The maximum absolute atomic E-state index is 12.3. The van der Waals surface area contributed by atoms with Gasteiger partial charge in [0.25, 0.3) is 11.8 Å². The molecule has 0 aliphatic carbocycles. The summed E-state index contributed by atoms with van der Waals surface area (Å²) in [5.41, 5.74) is 8.09. The van der Waals surface area contributed by atoms with E-state index in [4.69, 9.17) is 9.47 Å². The number of carbonyl (C=O) groups excluding carboxylic acids is 4. The van der Waals surface area contributed by atoms with Crippen molar-refractivity contribution in [2.45, 2.75) is 38.3 Å². The standard InChI is InChI=1S/C16H24Br2N4O8/c1-9(23)19-21-15(27)13(29-7-3-5-17)11(25)12(26)14(30-8-4-6-18)16(28)22-20-10(2)24/h3-6,11-14,25-26H,7-8H2,1-2H3,(H,19,23)(H,20,24)(H,21,27)(H,22,28)/b5-3+,6-4+/t11-,12-,13-,14-/m1/s1. The summed E-state index contributed by atoms with van der Waals surface area (Å²) in [6, 6.07) is 0. The third kappa shape index (κ3) is 11.4. The van der Waals surface area contributed by atoms with E-state index in [0.717, 1.165) is 13.8 Å². The first-order valence-corrected chi connectivity index (χ1v) is 10.2. The third-order valence-electron chi connectivity index (χ3n) is 3.13. The van der Waals surface area contributed by atoms with Crippen LogP contribution in [-0.4, -0.2) is 71.5 Å². The summed E-state index contributed by atoms with van der Waals surface area (Å²) in [6.45, 7) is 1.98. The molecule has 0 radical (unpaired) electrons. The highest BCUT2D eigenvalue weighted by molar-refractivity contribution is 9.11. The van der Waals surface area contributed by atoms with Crippen LogP contribution in [0.2, 0.25) is 0 Å². The van der Waals surface area contributed by atoms with E-state index < -0.39 is 48.0 Å². The Morgan fingerprint density at radius 3 is 1.37 bits per heavy atom. The SMILES string of the molecule is CC(=O)NNC(=O)[C@H](OC/C=C/Br)[C@H](O)[C@@H](O)[C@@H](OC/C=C/Br)C(=O)NNC(C)=O. The number of nitrogens with one attached hydrogen (secondary N) is 4. The molecular formula is C16H24Br2N4O8. The summed E-state index contributed by atoms with van der Waals surface area (Å²) >= 11 is 6.02. The molecule has 0 spiro atoms.